The topological polar surface area (TPSA) is 28.2 Å². The third-order valence-corrected chi connectivity index (χ3v) is 4.94. The molecule has 1 aromatic heterocycles. The van der Waals surface area contributed by atoms with Crippen LogP contribution in [0.1, 0.15) is 36.0 Å². The van der Waals surface area contributed by atoms with Gasteiger partial charge in [-0.2, -0.15) is 0 Å². The molecule has 0 radical (unpaired) electrons. The molecule has 3 nitrogen and oxygen atoms in total. The minimum Gasteiger partial charge on any atom is -0.360 e. The second-order valence-electron chi connectivity index (χ2n) is 5.19. The SMILES string of the molecule is CCN(CC)C(CNc1nc(C)c(C)s1)c1ccccc1. The van der Waals surface area contributed by atoms with Gasteiger partial charge in [-0.25, -0.2) is 4.98 Å². The highest BCUT2D eigenvalue weighted by molar-refractivity contribution is 7.15. The van der Waals surface area contributed by atoms with Crippen LogP contribution in [0.5, 0.6) is 0 Å². The van der Waals surface area contributed by atoms with Gasteiger partial charge < -0.3 is 5.32 Å². The van der Waals surface area contributed by atoms with Crippen molar-refractivity contribution in [3.8, 4) is 0 Å². The number of benzene rings is 1. The molecule has 1 atom stereocenters. The first kappa shape index (κ1) is 16.0. The predicted octanol–water partition coefficient (Wildman–Crippen LogP) is 4.25. The molecule has 2 rings (SSSR count). The van der Waals surface area contributed by atoms with Gasteiger partial charge in [0.05, 0.1) is 11.7 Å². The van der Waals surface area contributed by atoms with Crippen molar-refractivity contribution in [3.63, 3.8) is 0 Å². The third kappa shape index (κ3) is 4.05. The molecule has 0 saturated heterocycles. The molecule has 1 N–H and O–H groups in total. The molecule has 0 saturated carbocycles. The smallest absolute Gasteiger partial charge is 0.183 e. The van der Waals surface area contributed by atoms with E-state index in [4.69, 9.17) is 0 Å². The summed E-state index contributed by atoms with van der Waals surface area (Å²) in [6.45, 7) is 11.6. The van der Waals surface area contributed by atoms with Crippen LogP contribution < -0.4 is 5.32 Å². The van der Waals surface area contributed by atoms with E-state index < -0.39 is 0 Å². The van der Waals surface area contributed by atoms with Gasteiger partial charge in [0.2, 0.25) is 0 Å². The molecule has 1 aromatic carbocycles. The monoisotopic (exact) mass is 303 g/mol. The fraction of sp³-hybridized carbons (Fsp3) is 0.471. The van der Waals surface area contributed by atoms with Gasteiger partial charge in [0.15, 0.2) is 5.13 Å². The molecular weight excluding hydrogens is 278 g/mol. The third-order valence-electron chi connectivity index (χ3n) is 3.91. The quantitative estimate of drug-likeness (QED) is 0.828. The Balaban J connectivity index is 2.12. The van der Waals surface area contributed by atoms with Crippen LogP contribution in [0, 0.1) is 13.8 Å². The van der Waals surface area contributed by atoms with Crippen LogP contribution in [0.25, 0.3) is 0 Å². The van der Waals surface area contributed by atoms with Crippen LogP contribution in [0.2, 0.25) is 0 Å². The van der Waals surface area contributed by atoms with Gasteiger partial charge in [0, 0.05) is 11.4 Å². The average Bonchev–Trinajstić information content (AvgIpc) is 2.83. The average molecular weight is 303 g/mol. The normalized spacial score (nSPS) is 12.6. The molecule has 4 heteroatoms. The summed E-state index contributed by atoms with van der Waals surface area (Å²) < 4.78 is 0. The van der Waals surface area contributed by atoms with Gasteiger partial charge in [0.25, 0.3) is 0 Å². The number of nitrogens with zero attached hydrogens (tertiary/aromatic N) is 2. The van der Waals surface area contributed by atoms with E-state index in [2.05, 4.69) is 73.2 Å². The maximum absolute atomic E-state index is 4.58. The van der Waals surface area contributed by atoms with Crippen LogP contribution in [0.3, 0.4) is 0 Å². The summed E-state index contributed by atoms with van der Waals surface area (Å²) in [4.78, 5) is 8.35. The van der Waals surface area contributed by atoms with Gasteiger partial charge in [0.1, 0.15) is 0 Å². The highest BCUT2D eigenvalue weighted by Crippen LogP contribution is 2.24. The van der Waals surface area contributed by atoms with E-state index in [-0.39, 0.29) is 0 Å². The summed E-state index contributed by atoms with van der Waals surface area (Å²) in [5.74, 6) is 0. The molecule has 0 amide bonds. The second kappa shape index (κ2) is 7.57. The van der Waals surface area contributed by atoms with Crippen molar-refractivity contribution in [3.05, 3.63) is 46.5 Å². The fourth-order valence-electron chi connectivity index (χ4n) is 2.53. The number of hydrogen-bond donors (Lipinski definition) is 1. The Labute approximate surface area is 132 Å². The van der Waals surface area contributed by atoms with Crippen LogP contribution in [0.15, 0.2) is 30.3 Å². The molecular formula is C17H25N3S. The van der Waals surface area contributed by atoms with Crippen molar-refractivity contribution >= 4 is 16.5 Å². The first-order chi connectivity index (χ1) is 10.2. The minimum atomic E-state index is 0.380. The highest BCUT2D eigenvalue weighted by Gasteiger charge is 2.18. The zero-order valence-electron chi connectivity index (χ0n) is 13.4. The number of aryl methyl sites for hydroxylation is 2. The van der Waals surface area contributed by atoms with Crippen LogP contribution in [0.4, 0.5) is 5.13 Å². The number of rotatable bonds is 7. The van der Waals surface area contributed by atoms with Gasteiger partial charge in [-0.1, -0.05) is 44.2 Å². The van der Waals surface area contributed by atoms with E-state index in [1.54, 1.807) is 11.3 Å². The number of anilines is 1. The Morgan fingerprint density at radius 3 is 2.33 bits per heavy atom. The number of aromatic nitrogens is 1. The molecule has 0 aliphatic carbocycles. The number of nitrogens with one attached hydrogen (secondary N) is 1. The molecule has 0 aliphatic rings. The van der Waals surface area contributed by atoms with Gasteiger partial charge in [-0.15, -0.1) is 11.3 Å². The van der Waals surface area contributed by atoms with E-state index >= 15 is 0 Å². The molecule has 1 heterocycles. The number of hydrogen-bond acceptors (Lipinski definition) is 4. The van der Waals surface area contributed by atoms with Gasteiger partial charge in [-0.05, 0) is 32.5 Å². The second-order valence-corrected chi connectivity index (χ2v) is 6.39. The van der Waals surface area contributed by atoms with Crippen molar-refractivity contribution in [1.29, 1.82) is 0 Å². The Morgan fingerprint density at radius 1 is 1.14 bits per heavy atom. The Kier molecular flexibility index (Phi) is 5.76. The van der Waals surface area contributed by atoms with Gasteiger partial charge >= 0.3 is 0 Å². The van der Waals surface area contributed by atoms with Crippen molar-refractivity contribution < 1.29 is 0 Å². The highest BCUT2D eigenvalue weighted by atomic mass is 32.1. The molecule has 0 spiro atoms. The van der Waals surface area contributed by atoms with Crippen LogP contribution in [-0.4, -0.2) is 29.5 Å². The van der Waals surface area contributed by atoms with E-state index in [0.29, 0.717) is 6.04 Å². The first-order valence-electron chi connectivity index (χ1n) is 7.62. The molecule has 1 unspecified atom stereocenters. The molecule has 0 bridgehead atoms. The molecule has 2 aromatic rings. The lowest BCUT2D eigenvalue weighted by atomic mass is 10.1. The van der Waals surface area contributed by atoms with Crippen LogP contribution in [-0.2, 0) is 0 Å². The minimum absolute atomic E-state index is 0.380. The summed E-state index contributed by atoms with van der Waals surface area (Å²) in [5, 5.41) is 4.55. The summed E-state index contributed by atoms with van der Waals surface area (Å²) in [6.07, 6.45) is 0. The zero-order chi connectivity index (χ0) is 15.2. The fourth-order valence-corrected chi connectivity index (χ4v) is 3.35. The Hall–Kier alpha value is -1.39. The summed E-state index contributed by atoms with van der Waals surface area (Å²) >= 11 is 1.74. The van der Waals surface area contributed by atoms with E-state index in [9.17, 15) is 0 Å². The molecule has 21 heavy (non-hydrogen) atoms. The maximum atomic E-state index is 4.58. The Morgan fingerprint density at radius 2 is 1.81 bits per heavy atom. The summed E-state index contributed by atoms with van der Waals surface area (Å²) in [7, 11) is 0. The van der Waals surface area contributed by atoms with E-state index in [1.807, 2.05) is 0 Å². The van der Waals surface area contributed by atoms with Crippen LogP contribution >= 0.6 is 11.3 Å². The lowest BCUT2D eigenvalue weighted by molar-refractivity contribution is 0.228. The lowest BCUT2D eigenvalue weighted by Crippen LogP contribution is -2.33. The van der Waals surface area contributed by atoms with E-state index in [1.165, 1.54) is 10.4 Å². The van der Waals surface area contributed by atoms with Crippen molar-refractivity contribution in [2.75, 3.05) is 25.0 Å². The zero-order valence-corrected chi connectivity index (χ0v) is 14.2. The maximum Gasteiger partial charge on any atom is 0.183 e. The van der Waals surface area contributed by atoms with E-state index in [0.717, 1.165) is 30.5 Å². The first-order valence-corrected chi connectivity index (χ1v) is 8.44. The number of likely N-dealkylation sites (N-methyl/N-ethyl adjacent to an activating group) is 1. The summed E-state index contributed by atoms with van der Waals surface area (Å²) in [6, 6.07) is 11.1. The lowest BCUT2D eigenvalue weighted by Gasteiger charge is -2.30. The van der Waals surface area contributed by atoms with Crippen molar-refractivity contribution in [2.24, 2.45) is 0 Å². The molecule has 0 fully saturated rings. The molecule has 0 aliphatic heterocycles. The van der Waals surface area contributed by atoms with Gasteiger partial charge in [-0.3, -0.25) is 4.90 Å². The van der Waals surface area contributed by atoms with Crippen molar-refractivity contribution in [1.82, 2.24) is 9.88 Å². The Bertz CT molecular complexity index is 527. The largest absolute Gasteiger partial charge is 0.360 e. The van der Waals surface area contributed by atoms with Crippen molar-refractivity contribution in [2.45, 2.75) is 33.7 Å². The summed E-state index contributed by atoms with van der Waals surface area (Å²) in [5.41, 5.74) is 2.49. The predicted molar refractivity (Wildman–Crippen MR) is 92.2 cm³/mol. The number of thiazole rings is 1. The standard InChI is InChI=1S/C17H25N3S/c1-5-20(6-2)16(15-10-8-7-9-11-15)12-18-17-19-13(3)14(4)21-17/h7-11,16H,5-6,12H2,1-4H3,(H,18,19). The molecule has 114 valence electrons.